The van der Waals surface area contributed by atoms with E-state index in [1.165, 1.54) is 7.11 Å². The van der Waals surface area contributed by atoms with Crippen molar-refractivity contribution in [1.82, 2.24) is 9.97 Å². The van der Waals surface area contributed by atoms with E-state index in [1.54, 1.807) is 0 Å². The zero-order valence-electron chi connectivity index (χ0n) is 15.0. The van der Waals surface area contributed by atoms with Gasteiger partial charge < -0.3 is 30.3 Å². The normalized spacial score (nSPS) is 15.7. The quantitative estimate of drug-likeness (QED) is 0.672. The van der Waals surface area contributed by atoms with Gasteiger partial charge >= 0.3 is 0 Å². The summed E-state index contributed by atoms with van der Waals surface area (Å²) in [5, 5.41) is 14.8. The molecule has 1 atom stereocenters. The molecule has 1 fully saturated rings. The lowest BCUT2D eigenvalue weighted by molar-refractivity contribution is -0.135. The van der Waals surface area contributed by atoms with Crippen LogP contribution in [0.3, 0.4) is 0 Å². The number of hydrogen-bond acceptors (Lipinski definition) is 8. The first-order valence-corrected chi connectivity index (χ1v) is 7.73. The van der Waals surface area contributed by atoms with E-state index < -0.39 is 17.8 Å². The molecule has 0 aliphatic carbocycles. The maximum absolute atomic E-state index is 13.2. The smallest absolute Gasteiger partial charge is 0.300 e. The molecule has 0 spiro atoms. The first-order valence-electron chi connectivity index (χ1n) is 7.73. The maximum atomic E-state index is 13.2. The van der Waals surface area contributed by atoms with Crippen molar-refractivity contribution in [3.05, 3.63) is 12.0 Å². The lowest BCUT2D eigenvalue weighted by Gasteiger charge is -2.32. The van der Waals surface area contributed by atoms with Gasteiger partial charge in [-0.15, -0.1) is 0 Å². The summed E-state index contributed by atoms with van der Waals surface area (Å²) in [6.45, 7) is 4.67. The minimum absolute atomic E-state index is 0.0399. The lowest BCUT2D eigenvalue weighted by atomic mass is 10.2. The molecule has 1 aliphatic heterocycles. The number of methoxy groups -OCH3 is 1. The maximum Gasteiger partial charge on any atom is 0.300 e. The minimum atomic E-state index is -0.833. The number of hydrogen-bond donors (Lipinski definition) is 3. The molecule has 0 radical (unpaired) electrons. The molecule has 0 bridgehead atoms. The second-order valence-electron chi connectivity index (χ2n) is 5.08. The van der Waals surface area contributed by atoms with E-state index in [1.807, 2.05) is 4.90 Å². The number of halogens is 1. The number of aromatic nitrogens is 2. The highest BCUT2D eigenvalue weighted by atomic mass is 19.1. The highest BCUT2D eigenvalue weighted by Crippen LogP contribution is 2.19. The molecule has 4 N–H and O–H groups in total. The summed E-state index contributed by atoms with van der Waals surface area (Å²) in [7, 11) is 1.38. The van der Waals surface area contributed by atoms with Crippen molar-refractivity contribution in [3.8, 4) is 5.88 Å². The van der Waals surface area contributed by atoms with E-state index in [9.17, 15) is 4.39 Å². The van der Waals surface area contributed by atoms with Gasteiger partial charge in [0.15, 0.2) is 0 Å². The Hall–Kier alpha value is -2.53. The molecule has 0 amide bonds. The summed E-state index contributed by atoms with van der Waals surface area (Å²) in [6.07, 6.45) is 1.98. The average Bonchev–Trinajstić information content (AvgIpc) is 2.55. The molecule has 2 heterocycles. The number of ether oxygens (including phenoxy) is 2. The van der Waals surface area contributed by atoms with E-state index in [4.69, 9.17) is 35.0 Å². The first kappa shape index (κ1) is 23.5. The van der Waals surface area contributed by atoms with Crippen molar-refractivity contribution in [3.63, 3.8) is 0 Å². The van der Waals surface area contributed by atoms with Crippen LogP contribution in [0.5, 0.6) is 5.88 Å². The Bertz CT molecular complexity index is 553. The van der Waals surface area contributed by atoms with Crippen molar-refractivity contribution in [2.75, 3.05) is 38.3 Å². The van der Waals surface area contributed by atoms with Crippen LogP contribution in [0.25, 0.3) is 0 Å². The number of morpholine rings is 1. The molecule has 26 heavy (non-hydrogen) atoms. The minimum Gasteiger partial charge on any atom is -0.481 e. The summed E-state index contributed by atoms with van der Waals surface area (Å²) in [5.74, 6) is -1.81. The molecule has 10 nitrogen and oxygen atoms in total. The third-order valence-electron chi connectivity index (χ3n) is 2.80. The number of anilines is 1. The lowest BCUT2D eigenvalue weighted by Crippen LogP contribution is -2.44. The van der Waals surface area contributed by atoms with Gasteiger partial charge in [0.05, 0.1) is 26.0 Å². The van der Waals surface area contributed by atoms with Crippen LogP contribution in [0.15, 0.2) is 6.20 Å². The van der Waals surface area contributed by atoms with E-state index in [2.05, 4.69) is 9.97 Å². The summed E-state index contributed by atoms with van der Waals surface area (Å²) >= 11 is 0. The number of carboxylic acids is 2. The Morgan fingerprint density at radius 1 is 1.42 bits per heavy atom. The molecule has 0 aromatic carbocycles. The van der Waals surface area contributed by atoms with Crippen LogP contribution < -0.4 is 15.4 Å². The fourth-order valence-corrected chi connectivity index (χ4v) is 1.90. The number of carboxylic acid groups (broad SMARTS) is 2. The molecule has 2 rings (SSSR count). The third kappa shape index (κ3) is 10.4. The fraction of sp³-hybridized carbons (Fsp3) is 0.600. The number of aliphatic carboxylic acids is 2. The van der Waals surface area contributed by atoms with Gasteiger partial charge in [0, 0.05) is 26.9 Å². The van der Waals surface area contributed by atoms with Gasteiger partial charge in [0.25, 0.3) is 17.8 Å². The number of rotatable bonds is 4. The predicted molar refractivity (Wildman–Crippen MR) is 90.8 cm³/mol. The fourth-order valence-electron chi connectivity index (χ4n) is 1.90. The molecule has 1 aromatic heterocycles. The zero-order chi connectivity index (χ0) is 20.1. The monoisotopic (exact) mass is 376 g/mol. The van der Waals surface area contributed by atoms with Crippen LogP contribution >= 0.6 is 0 Å². The first-order chi connectivity index (χ1) is 12.2. The molecule has 1 aliphatic rings. The summed E-state index contributed by atoms with van der Waals surface area (Å²) < 4.78 is 23.6. The van der Waals surface area contributed by atoms with Gasteiger partial charge in [-0.1, -0.05) is 0 Å². The number of carbonyl (C=O) groups is 2. The van der Waals surface area contributed by atoms with Crippen molar-refractivity contribution in [2.45, 2.75) is 26.4 Å². The van der Waals surface area contributed by atoms with Crippen LogP contribution in [0.1, 0.15) is 20.3 Å². The zero-order valence-corrected chi connectivity index (χ0v) is 15.0. The van der Waals surface area contributed by atoms with Gasteiger partial charge in [-0.25, -0.2) is 4.98 Å². The Balaban J connectivity index is 0.000000662. The Labute approximate surface area is 150 Å². The topological polar surface area (TPSA) is 148 Å². The molecule has 0 saturated carbocycles. The Kier molecular flexibility index (Phi) is 11.5. The summed E-state index contributed by atoms with van der Waals surface area (Å²) in [5.41, 5.74) is 5.51. The third-order valence-corrected chi connectivity index (χ3v) is 2.80. The van der Waals surface area contributed by atoms with Crippen LogP contribution in [-0.4, -0.2) is 71.6 Å². The molecule has 1 saturated heterocycles. The van der Waals surface area contributed by atoms with Crippen LogP contribution in [0.2, 0.25) is 0 Å². The van der Waals surface area contributed by atoms with Gasteiger partial charge in [-0.3, -0.25) is 9.59 Å². The van der Waals surface area contributed by atoms with Crippen molar-refractivity contribution in [2.24, 2.45) is 5.73 Å². The van der Waals surface area contributed by atoms with Crippen molar-refractivity contribution >= 4 is 17.9 Å². The number of nitrogens with two attached hydrogens (primary N) is 1. The standard InChI is InChI=1S/C11H17FN4O2.2C2H4O2/c1-17-10-9(12)6-14-11(15-10)16-4-5-18-8(7-16)2-3-13;2*1-2(3)4/h6,8H,2-5,7,13H2,1H3;2*1H3,(H,3,4). The molecule has 11 heteroatoms. The summed E-state index contributed by atoms with van der Waals surface area (Å²) in [6, 6.07) is 0. The van der Waals surface area contributed by atoms with Gasteiger partial charge in [0.2, 0.25) is 11.8 Å². The highest BCUT2D eigenvalue weighted by Gasteiger charge is 2.22. The van der Waals surface area contributed by atoms with Crippen molar-refractivity contribution < 1.29 is 33.7 Å². The Morgan fingerprint density at radius 3 is 2.50 bits per heavy atom. The second kappa shape index (κ2) is 12.8. The molecule has 148 valence electrons. The second-order valence-corrected chi connectivity index (χ2v) is 5.08. The highest BCUT2D eigenvalue weighted by molar-refractivity contribution is 5.63. The molecule has 1 aromatic rings. The van der Waals surface area contributed by atoms with Crippen LogP contribution in [-0.2, 0) is 14.3 Å². The molecular weight excluding hydrogens is 351 g/mol. The van der Waals surface area contributed by atoms with E-state index >= 15 is 0 Å². The Morgan fingerprint density at radius 2 is 2.00 bits per heavy atom. The van der Waals surface area contributed by atoms with Crippen molar-refractivity contribution in [1.29, 1.82) is 0 Å². The summed E-state index contributed by atoms with van der Waals surface area (Å²) in [4.78, 5) is 28.0. The SMILES string of the molecule is CC(=O)O.CC(=O)O.COc1nc(N2CCOC(CCN)C2)ncc1F. The van der Waals surface area contributed by atoms with E-state index in [0.29, 0.717) is 32.2 Å². The number of nitrogens with zero attached hydrogens (tertiary/aromatic N) is 3. The van der Waals surface area contributed by atoms with Crippen LogP contribution in [0.4, 0.5) is 10.3 Å². The average molecular weight is 376 g/mol. The van der Waals surface area contributed by atoms with Gasteiger partial charge in [0.1, 0.15) is 0 Å². The van der Waals surface area contributed by atoms with Crippen LogP contribution in [0, 0.1) is 5.82 Å². The van der Waals surface area contributed by atoms with E-state index in [-0.39, 0.29) is 12.0 Å². The van der Waals surface area contributed by atoms with Gasteiger partial charge in [-0.2, -0.15) is 9.37 Å². The predicted octanol–water partition coefficient (Wildman–Crippen LogP) is 0.360. The van der Waals surface area contributed by atoms with E-state index in [0.717, 1.165) is 26.5 Å². The molecular formula is C15H25FN4O6. The largest absolute Gasteiger partial charge is 0.481 e. The molecule has 1 unspecified atom stereocenters. The van der Waals surface area contributed by atoms with Gasteiger partial charge in [-0.05, 0) is 13.0 Å².